The van der Waals surface area contributed by atoms with Crippen LogP contribution >= 0.6 is 0 Å². The van der Waals surface area contributed by atoms with Crippen molar-refractivity contribution in [2.75, 3.05) is 7.05 Å². The Morgan fingerprint density at radius 2 is 2.38 bits per heavy atom. The molecule has 0 saturated carbocycles. The largest absolute Gasteiger partial charge is 0.373 e. The minimum Gasteiger partial charge on any atom is -0.373 e. The molecule has 2 N–H and O–H groups in total. The average molecular weight is 325 g/mol. The van der Waals surface area contributed by atoms with E-state index in [1.165, 1.54) is 12.0 Å². The summed E-state index contributed by atoms with van der Waals surface area (Å²) in [5.74, 6) is 0.837. The molecule has 3 atom stereocenters. The van der Waals surface area contributed by atoms with E-state index in [0.29, 0.717) is 18.2 Å². The highest BCUT2D eigenvalue weighted by molar-refractivity contribution is 5.80. The third-order valence-corrected chi connectivity index (χ3v) is 4.82. The number of aromatic nitrogens is 2. The standard InChI is InChI=1S/C18H23N5O/c1-19-18(22-16-10-15-5-6-17(16)24-15)21-11-13-3-2-4-14(9-13)23-8-7-20-12-23/h2-4,7-9,12,15-17H,5-6,10-11H2,1H3,(H2,19,21,22). The number of hydrogen-bond donors (Lipinski definition) is 2. The van der Waals surface area contributed by atoms with Crippen LogP contribution in [0.1, 0.15) is 24.8 Å². The maximum absolute atomic E-state index is 5.90. The molecule has 2 aliphatic rings. The molecule has 24 heavy (non-hydrogen) atoms. The van der Waals surface area contributed by atoms with E-state index in [1.807, 2.05) is 24.1 Å². The highest BCUT2D eigenvalue weighted by atomic mass is 16.5. The van der Waals surface area contributed by atoms with Crippen molar-refractivity contribution in [3.63, 3.8) is 0 Å². The van der Waals surface area contributed by atoms with Gasteiger partial charge in [0.15, 0.2) is 5.96 Å². The van der Waals surface area contributed by atoms with Crippen molar-refractivity contribution >= 4 is 5.96 Å². The molecule has 4 rings (SSSR count). The van der Waals surface area contributed by atoms with E-state index in [9.17, 15) is 0 Å². The van der Waals surface area contributed by atoms with Gasteiger partial charge in [0, 0.05) is 31.7 Å². The van der Waals surface area contributed by atoms with Crippen LogP contribution in [0.2, 0.25) is 0 Å². The highest BCUT2D eigenvalue weighted by Crippen LogP contribution is 2.34. The molecule has 0 spiro atoms. The number of ether oxygens (including phenoxy) is 1. The van der Waals surface area contributed by atoms with Gasteiger partial charge >= 0.3 is 0 Å². The molecular weight excluding hydrogens is 302 g/mol. The van der Waals surface area contributed by atoms with Gasteiger partial charge in [-0.05, 0) is 37.0 Å². The summed E-state index contributed by atoms with van der Waals surface area (Å²) in [4.78, 5) is 8.44. The van der Waals surface area contributed by atoms with Gasteiger partial charge in [-0.1, -0.05) is 12.1 Å². The molecule has 1 aromatic heterocycles. The summed E-state index contributed by atoms with van der Waals surface area (Å²) in [6.07, 6.45) is 9.78. The fraction of sp³-hybridized carbons (Fsp3) is 0.444. The number of imidazole rings is 1. The van der Waals surface area contributed by atoms with Gasteiger partial charge in [-0.3, -0.25) is 4.99 Å². The van der Waals surface area contributed by atoms with E-state index in [1.54, 1.807) is 6.20 Å². The van der Waals surface area contributed by atoms with Crippen molar-refractivity contribution in [1.29, 1.82) is 0 Å². The van der Waals surface area contributed by atoms with Gasteiger partial charge in [0.05, 0.1) is 24.6 Å². The second kappa shape index (κ2) is 6.65. The Kier molecular flexibility index (Phi) is 4.21. The summed E-state index contributed by atoms with van der Waals surface area (Å²) in [5.41, 5.74) is 2.31. The molecule has 2 aliphatic heterocycles. The summed E-state index contributed by atoms with van der Waals surface area (Å²) < 4.78 is 7.90. The zero-order valence-electron chi connectivity index (χ0n) is 13.9. The topological polar surface area (TPSA) is 63.5 Å². The lowest BCUT2D eigenvalue weighted by Crippen LogP contribution is -2.47. The third-order valence-electron chi connectivity index (χ3n) is 4.82. The Morgan fingerprint density at radius 1 is 1.42 bits per heavy atom. The molecule has 2 aromatic rings. The first-order valence-corrected chi connectivity index (χ1v) is 8.52. The first kappa shape index (κ1) is 15.2. The number of fused-ring (bicyclic) bond motifs is 2. The van der Waals surface area contributed by atoms with E-state index < -0.39 is 0 Å². The van der Waals surface area contributed by atoms with Gasteiger partial charge in [-0.15, -0.1) is 0 Å². The van der Waals surface area contributed by atoms with Crippen molar-refractivity contribution < 1.29 is 4.74 Å². The van der Waals surface area contributed by atoms with Crippen LogP contribution in [0.25, 0.3) is 5.69 Å². The van der Waals surface area contributed by atoms with E-state index in [2.05, 4.69) is 44.9 Å². The monoisotopic (exact) mass is 325 g/mol. The van der Waals surface area contributed by atoms with Crippen LogP contribution in [0, 0.1) is 0 Å². The van der Waals surface area contributed by atoms with E-state index >= 15 is 0 Å². The first-order chi connectivity index (χ1) is 11.8. The molecule has 6 heteroatoms. The van der Waals surface area contributed by atoms with E-state index in [0.717, 1.165) is 31.0 Å². The third kappa shape index (κ3) is 3.14. The van der Waals surface area contributed by atoms with Crippen molar-refractivity contribution in [1.82, 2.24) is 20.2 Å². The quantitative estimate of drug-likeness (QED) is 0.665. The fourth-order valence-corrected chi connectivity index (χ4v) is 3.58. The molecule has 2 fully saturated rings. The van der Waals surface area contributed by atoms with Crippen LogP contribution in [0.4, 0.5) is 0 Å². The molecule has 2 saturated heterocycles. The Labute approximate surface area is 142 Å². The van der Waals surface area contributed by atoms with Crippen molar-refractivity contribution in [3.05, 3.63) is 48.5 Å². The predicted octanol–water partition coefficient (Wildman–Crippen LogP) is 1.86. The van der Waals surface area contributed by atoms with Crippen LogP contribution in [-0.2, 0) is 11.3 Å². The summed E-state index contributed by atoms with van der Waals surface area (Å²) in [6.45, 7) is 0.726. The lowest BCUT2D eigenvalue weighted by Gasteiger charge is -2.22. The minimum atomic E-state index is 0.345. The molecule has 0 aliphatic carbocycles. The Morgan fingerprint density at radius 3 is 3.08 bits per heavy atom. The number of hydrogen-bond acceptors (Lipinski definition) is 3. The molecule has 3 heterocycles. The predicted molar refractivity (Wildman–Crippen MR) is 93.2 cm³/mol. The first-order valence-electron chi connectivity index (χ1n) is 8.52. The maximum Gasteiger partial charge on any atom is 0.191 e. The smallest absolute Gasteiger partial charge is 0.191 e. The highest BCUT2D eigenvalue weighted by Gasteiger charge is 2.41. The van der Waals surface area contributed by atoms with Crippen LogP contribution in [0.3, 0.4) is 0 Å². The number of nitrogens with zero attached hydrogens (tertiary/aromatic N) is 3. The lowest BCUT2D eigenvalue weighted by molar-refractivity contribution is 0.0992. The van der Waals surface area contributed by atoms with Crippen molar-refractivity contribution in [2.24, 2.45) is 4.99 Å². The summed E-state index contributed by atoms with van der Waals surface area (Å²) >= 11 is 0. The molecule has 126 valence electrons. The van der Waals surface area contributed by atoms with Gasteiger partial charge < -0.3 is 19.9 Å². The second-order valence-corrected chi connectivity index (χ2v) is 6.43. The molecule has 0 amide bonds. The van der Waals surface area contributed by atoms with Crippen LogP contribution in [-0.4, -0.2) is 40.8 Å². The normalized spacial score (nSPS) is 25.9. The molecule has 1 aromatic carbocycles. The van der Waals surface area contributed by atoms with Crippen molar-refractivity contribution in [2.45, 2.75) is 44.1 Å². The molecule has 0 radical (unpaired) electrons. The molecule has 3 unspecified atom stereocenters. The number of aliphatic imine (C=N–C) groups is 1. The second-order valence-electron chi connectivity index (χ2n) is 6.43. The SMILES string of the molecule is CN=C(NCc1cccc(-n2ccnc2)c1)NC1CC2CCC1O2. The van der Waals surface area contributed by atoms with E-state index in [-0.39, 0.29) is 0 Å². The summed E-state index contributed by atoms with van der Waals surface area (Å²) in [7, 11) is 1.81. The Bertz CT molecular complexity index is 712. The molecule has 6 nitrogen and oxygen atoms in total. The molecule has 2 bridgehead atoms. The molecular formula is C18H23N5O. The summed E-state index contributed by atoms with van der Waals surface area (Å²) in [6, 6.07) is 8.79. The van der Waals surface area contributed by atoms with Gasteiger partial charge in [-0.2, -0.15) is 0 Å². The summed E-state index contributed by atoms with van der Waals surface area (Å²) in [5, 5.41) is 6.91. The Hall–Kier alpha value is -2.34. The van der Waals surface area contributed by atoms with Gasteiger partial charge in [0.25, 0.3) is 0 Å². The van der Waals surface area contributed by atoms with Crippen molar-refractivity contribution in [3.8, 4) is 5.69 Å². The number of benzene rings is 1. The van der Waals surface area contributed by atoms with E-state index in [4.69, 9.17) is 4.74 Å². The zero-order chi connectivity index (χ0) is 16.4. The lowest BCUT2D eigenvalue weighted by atomic mass is 9.96. The average Bonchev–Trinajstić information content (AvgIpc) is 3.36. The van der Waals surface area contributed by atoms with Crippen LogP contribution in [0.15, 0.2) is 48.0 Å². The van der Waals surface area contributed by atoms with Crippen LogP contribution in [0.5, 0.6) is 0 Å². The van der Waals surface area contributed by atoms with Gasteiger partial charge in [0.2, 0.25) is 0 Å². The number of rotatable bonds is 4. The number of guanidine groups is 1. The van der Waals surface area contributed by atoms with Crippen LogP contribution < -0.4 is 10.6 Å². The fourth-order valence-electron chi connectivity index (χ4n) is 3.58. The number of nitrogens with one attached hydrogen (secondary N) is 2. The zero-order valence-corrected chi connectivity index (χ0v) is 13.9. The minimum absolute atomic E-state index is 0.345. The van der Waals surface area contributed by atoms with Gasteiger partial charge in [-0.25, -0.2) is 4.98 Å². The Balaban J connectivity index is 1.36. The maximum atomic E-state index is 5.90. The van der Waals surface area contributed by atoms with Gasteiger partial charge in [0.1, 0.15) is 0 Å².